The van der Waals surface area contributed by atoms with E-state index in [9.17, 15) is 4.79 Å². The monoisotopic (exact) mass is 312 g/mol. The molecule has 4 nitrogen and oxygen atoms in total. The fourth-order valence-corrected chi connectivity index (χ4v) is 2.44. The molecular formula is C19H24N2O2. The van der Waals surface area contributed by atoms with E-state index in [-0.39, 0.29) is 12.5 Å². The first kappa shape index (κ1) is 17.0. The zero-order valence-electron chi connectivity index (χ0n) is 14.1. The number of hydrazone groups is 1. The van der Waals surface area contributed by atoms with Crippen molar-refractivity contribution in [1.29, 1.82) is 0 Å². The van der Waals surface area contributed by atoms with Crippen LogP contribution < -0.4 is 10.2 Å². The van der Waals surface area contributed by atoms with Gasteiger partial charge in [-0.05, 0) is 62.8 Å². The lowest BCUT2D eigenvalue weighted by atomic mass is 9.85. The summed E-state index contributed by atoms with van der Waals surface area (Å²) < 4.78 is 5.46. The molecule has 0 saturated carbocycles. The summed E-state index contributed by atoms with van der Waals surface area (Å²) in [4.78, 5) is 11.9. The summed E-state index contributed by atoms with van der Waals surface area (Å²) in [6.07, 6.45) is 3.96. The molecule has 122 valence electrons. The van der Waals surface area contributed by atoms with Gasteiger partial charge in [0.05, 0.1) is 5.71 Å². The molecule has 23 heavy (non-hydrogen) atoms. The number of benzene rings is 1. The van der Waals surface area contributed by atoms with Crippen LogP contribution in [0, 0.1) is 12.8 Å². The zero-order chi connectivity index (χ0) is 16.8. The van der Waals surface area contributed by atoms with E-state index in [0.717, 1.165) is 35.3 Å². The first-order chi connectivity index (χ1) is 11.0. The van der Waals surface area contributed by atoms with E-state index in [2.05, 4.69) is 23.2 Å². The highest BCUT2D eigenvalue weighted by molar-refractivity contribution is 6.01. The van der Waals surface area contributed by atoms with Crippen molar-refractivity contribution in [2.45, 2.75) is 33.6 Å². The van der Waals surface area contributed by atoms with Gasteiger partial charge < -0.3 is 4.74 Å². The molecule has 0 bridgehead atoms. The van der Waals surface area contributed by atoms with E-state index in [1.54, 1.807) is 0 Å². The van der Waals surface area contributed by atoms with Gasteiger partial charge in [0.25, 0.3) is 5.91 Å². The third kappa shape index (κ3) is 5.09. The smallest absolute Gasteiger partial charge is 0.277 e. The van der Waals surface area contributed by atoms with Gasteiger partial charge in [0, 0.05) is 0 Å². The molecule has 1 aromatic rings. The molecule has 1 aliphatic rings. The summed E-state index contributed by atoms with van der Waals surface area (Å²) in [5.41, 5.74) is 6.85. The first-order valence-corrected chi connectivity index (χ1v) is 7.83. The minimum atomic E-state index is -0.260. The SMILES string of the molecule is C=C(C)[C@H]1CC=C(C)/C(=N/NC(=O)COc2cccc(C)c2)C1. The quantitative estimate of drug-likeness (QED) is 0.664. The van der Waals surface area contributed by atoms with Gasteiger partial charge in [-0.15, -0.1) is 0 Å². The van der Waals surface area contributed by atoms with Crippen molar-refractivity contribution in [3.8, 4) is 5.75 Å². The second-order valence-electron chi connectivity index (χ2n) is 6.07. The van der Waals surface area contributed by atoms with Gasteiger partial charge in [-0.25, -0.2) is 5.43 Å². The topological polar surface area (TPSA) is 50.7 Å². The number of carbonyl (C=O) groups excluding carboxylic acids is 1. The number of amides is 1. The van der Waals surface area contributed by atoms with Crippen LogP contribution in [0.3, 0.4) is 0 Å². The highest BCUT2D eigenvalue weighted by Crippen LogP contribution is 2.26. The van der Waals surface area contributed by atoms with E-state index < -0.39 is 0 Å². The van der Waals surface area contributed by atoms with E-state index >= 15 is 0 Å². The van der Waals surface area contributed by atoms with Gasteiger partial charge in [0.1, 0.15) is 5.75 Å². The Morgan fingerprint density at radius 2 is 2.22 bits per heavy atom. The van der Waals surface area contributed by atoms with Crippen LogP contribution in [0.5, 0.6) is 5.75 Å². The second-order valence-corrected chi connectivity index (χ2v) is 6.07. The molecule has 0 aromatic heterocycles. The molecule has 1 N–H and O–H groups in total. The van der Waals surface area contributed by atoms with Crippen molar-refractivity contribution < 1.29 is 9.53 Å². The molecule has 0 fully saturated rings. The molecule has 1 atom stereocenters. The van der Waals surface area contributed by atoms with Gasteiger partial charge in [0.2, 0.25) is 0 Å². The second kappa shape index (κ2) is 7.77. The molecule has 4 heteroatoms. The van der Waals surface area contributed by atoms with Gasteiger partial charge >= 0.3 is 0 Å². The fourth-order valence-electron chi connectivity index (χ4n) is 2.44. The summed E-state index contributed by atoms with van der Waals surface area (Å²) in [5.74, 6) is 0.825. The molecule has 0 spiro atoms. The highest BCUT2D eigenvalue weighted by atomic mass is 16.5. The summed E-state index contributed by atoms with van der Waals surface area (Å²) in [7, 11) is 0. The number of nitrogens with zero attached hydrogens (tertiary/aromatic N) is 1. The Morgan fingerprint density at radius 3 is 2.91 bits per heavy atom. The van der Waals surface area contributed by atoms with Crippen LogP contribution in [-0.2, 0) is 4.79 Å². The summed E-state index contributed by atoms with van der Waals surface area (Å²) in [6.45, 7) is 9.99. The minimum absolute atomic E-state index is 0.0487. The van der Waals surface area contributed by atoms with Crippen molar-refractivity contribution >= 4 is 11.6 Å². The Hall–Kier alpha value is -2.36. The predicted molar refractivity (Wildman–Crippen MR) is 93.5 cm³/mol. The van der Waals surface area contributed by atoms with Crippen molar-refractivity contribution in [3.05, 3.63) is 53.6 Å². The summed E-state index contributed by atoms with van der Waals surface area (Å²) in [6, 6.07) is 7.61. The number of nitrogens with one attached hydrogen (secondary N) is 1. The lowest BCUT2D eigenvalue weighted by Crippen LogP contribution is -2.27. The van der Waals surface area contributed by atoms with Gasteiger partial charge in [0.15, 0.2) is 6.61 Å². The maximum absolute atomic E-state index is 11.9. The van der Waals surface area contributed by atoms with Crippen LogP contribution in [0.2, 0.25) is 0 Å². The molecule has 2 rings (SSSR count). The Bertz CT molecular complexity index is 659. The standard InChI is InChI=1S/C19H24N2O2/c1-13(2)16-9-8-15(4)18(11-16)20-21-19(22)12-23-17-7-5-6-14(3)10-17/h5-8,10,16H,1,9,11-12H2,2-4H3,(H,21,22)/b20-18+/t16-/m0/s1. The lowest BCUT2D eigenvalue weighted by Gasteiger charge is -2.22. The molecule has 1 amide bonds. The molecule has 1 aliphatic carbocycles. The molecule has 0 aliphatic heterocycles. The van der Waals surface area contributed by atoms with Gasteiger partial charge in [-0.1, -0.05) is 30.4 Å². The molecule has 1 aromatic carbocycles. The number of hydrogen-bond acceptors (Lipinski definition) is 3. The molecule has 0 heterocycles. The van der Waals surface area contributed by atoms with E-state index in [4.69, 9.17) is 4.74 Å². The predicted octanol–water partition coefficient (Wildman–Crippen LogP) is 3.78. The first-order valence-electron chi connectivity index (χ1n) is 7.83. The summed E-state index contributed by atoms with van der Waals surface area (Å²) in [5, 5.41) is 4.25. The Kier molecular flexibility index (Phi) is 5.74. The lowest BCUT2D eigenvalue weighted by molar-refractivity contribution is -0.123. The van der Waals surface area contributed by atoms with Crippen LogP contribution in [0.15, 0.2) is 53.2 Å². The van der Waals surface area contributed by atoms with Crippen LogP contribution >= 0.6 is 0 Å². The Balaban J connectivity index is 1.88. The number of aryl methyl sites for hydroxylation is 1. The van der Waals surface area contributed by atoms with Crippen molar-refractivity contribution in [1.82, 2.24) is 5.43 Å². The largest absolute Gasteiger partial charge is 0.484 e. The average molecular weight is 312 g/mol. The third-order valence-corrected chi connectivity index (χ3v) is 3.98. The Labute approximate surface area is 137 Å². The van der Waals surface area contributed by atoms with E-state index in [1.807, 2.05) is 45.0 Å². The maximum atomic E-state index is 11.9. The highest BCUT2D eigenvalue weighted by Gasteiger charge is 2.18. The zero-order valence-corrected chi connectivity index (χ0v) is 14.1. The number of rotatable bonds is 5. The normalized spacial score (nSPS) is 19.2. The Morgan fingerprint density at radius 1 is 1.43 bits per heavy atom. The summed E-state index contributed by atoms with van der Waals surface area (Å²) >= 11 is 0. The third-order valence-electron chi connectivity index (χ3n) is 3.98. The number of hydrogen-bond donors (Lipinski definition) is 1. The maximum Gasteiger partial charge on any atom is 0.277 e. The van der Waals surface area contributed by atoms with Crippen LogP contribution in [-0.4, -0.2) is 18.2 Å². The van der Waals surface area contributed by atoms with E-state index in [0.29, 0.717) is 11.7 Å². The average Bonchev–Trinajstić information content (AvgIpc) is 2.52. The van der Waals surface area contributed by atoms with Gasteiger partial charge in [-0.2, -0.15) is 5.10 Å². The number of allylic oxidation sites excluding steroid dienone is 3. The molecule has 0 radical (unpaired) electrons. The van der Waals surface area contributed by atoms with Crippen molar-refractivity contribution in [2.75, 3.05) is 6.61 Å². The van der Waals surface area contributed by atoms with E-state index in [1.165, 1.54) is 0 Å². The minimum Gasteiger partial charge on any atom is -0.484 e. The van der Waals surface area contributed by atoms with Crippen LogP contribution in [0.4, 0.5) is 0 Å². The number of ether oxygens (including phenoxy) is 1. The molecular weight excluding hydrogens is 288 g/mol. The van der Waals surface area contributed by atoms with Gasteiger partial charge in [-0.3, -0.25) is 4.79 Å². The number of carbonyl (C=O) groups is 1. The van der Waals surface area contributed by atoms with Crippen LogP contribution in [0.1, 0.15) is 32.3 Å². The molecule has 0 unspecified atom stereocenters. The fraction of sp³-hybridized carbons (Fsp3) is 0.368. The molecule has 0 saturated heterocycles. The van der Waals surface area contributed by atoms with Crippen LogP contribution in [0.25, 0.3) is 0 Å². The van der Waals surface area contributed by atoms with Crippen molar-refractivity contribution in [2.24, 2.45) is 11.0 Å². The van der Waals surface area contributed by atoms with Crippen molar-refractivity contribution in [3.63, 3.8) is 0 Å².